The third-order valence-corrected chi connectivity index (χ3v) is 6.32. The van der Waals surface area contributed by atoms with Gasteiger partial charge in [0.15, 0.2) is 9.84 Å². The van der Waals surface area contributed by atoms with Gasteiger partial charge in [-0.2, -0.15) is 0 Å². The highest BCUT2D eigenvalue weighted by molar-refractivity contribution is 7.90. The number of nitrogens with one attached hydrogen (secondary N) is 2. The molecule has 1 heterocycles. The first kappa shape index (κ1) is 18.3. The minimum absolute atomic E-state index is 0.0760. The third kappa shape index (κ3) is 5.54. The molecule has 1 fully saturated rings. The van der Waals surface area contributed by atoms with Crippen molar-refractivity contribution < 1.29 is 16.8 Å². The molecule has 7 nitrogen and oxygen atoms in total. The maximum Gasteiger partial charge on any atom is 0.240 e. The maximum absolute atomic E-state index is 12.2. The lowest BCUT2D eigenvalue weighted by Crippen LogP contribution is -2.44. The normalized spacial score (nSPS) is 17.3. The summed E-state index contributed by atoms with van der Waals surface area (Å²) in [5, 5.41) is 3.27. The lowest BCUT2D eigenvalue weighted by atomic mass is 10.3. The van der Waals surface area contributed by atoms with Crippen molar-refractivity contribution in [1.29, 1.82) is 0 Å². The van der Waals surface area contributed by atoms with Crippen molar-refractivity contribution in [2.75, 3.05) is 45.5 Å². The van der Waals surface area contributed by atoms with E-state index in [1.165, 1.54) is 24.3 Å². The first-order chi connectivity index (χ1) is 10.8. The highest BCUT2D eigenvalue weighted by Crippen LogP contribution is 2.14. The zero-order valence-electron chi connectivity index (χ0n) is 13.2. The molecular weight excluding hydrogens is 338 g/mol. The highest BCUT2D eigenvalue weighted by atomic mass is 32.2. The lowest BCUT2D eigenvalue weighted by Gasteiger charge is -2.27. The van der Waals surface area contributed by atoms with E-state index >= 15 is 0 Å². The Balaban J connectivity index is 1.86. The number of benzene rings is 1. The van der Waals surface area contributed by atoms with E-state index in [4.69, 9.17) is 0 Å². The van der Waals surface area contributed by atoms with E-state index in [1.807, 2.05) is 0 Å². The standard InChI is InChI=1S/C14H23N3O4S2/c1-22(18,19)13-3-5-14(6-4-13)23(20,21)16-7-2-10-17-11-8-15-9-12-17/h3-6,15-16H,2,7-12H2,1H3. The topological polar surface area (TPSA) is 95.6 Å². The van der Waals surface area contributed by atoms with Gasteiger partial charge in [0.2, 0.25) is 10.0 Å². The van der Waals surface area contributed by atoms with E-state index in [9.17, 15) is 16.8 Å². The molecule has 0 saturated carbocycles. The van der Waals surface area contributed by atoms with E-state index in [-0.39, 0.29) is 9.79 Å². The van der Waals surface area contributed by atoms with Crippen LogP contribution in [0.1, 0.15) is 6.42 Å². The number of hydrogen-bond donors (Lipinski definition) is 2. The minimum Gasteiger partial charge on any atom is -0.314 e. The molecule has 23 heavy (non-hydrogen) atoms. The predicted molar refractivity (Wildman–Crippen MR) is 88.7 cm³/mol. The molecule has 1 aliphatic rings. The summed E-state index contributed by atoms with van der Waals surface area (Å²) < 4.78 is 49.6. The molecule has 0 radical (unpaired) electrons. The number of hydrogen-bond acceptors (Lipinski definition) is 6. The molecule has 0 aromatic heterocycles. The average Bonchev–Trinajstić information content (AvgIpc) is 2.52. The molecule has 1 aliphatic heterocycles. The summed E-state index contributed by atoms with van der Waals surface area (Å²) >= 11 is 0. The lowest BCUT2D eigenvalue weighted by molar-refractivity contribution is 0.239. The van der Waals surface area contributed by atoms with Gasteiger partial charge in [0.05, 0.1) is 9.79 Å². The summed E-state index contributed by atoms with van der Waals surface area (Å²) in [6, 6.07) is 5.25. The van der Waals surface area contributed by atoms with Gasteiger partial charge in [0.25, 0.3) is 0 Å². The first-order valence-corrected chi connectivity index (χ1v) is 10.9. The molecule has 1 saturated heterocycles. The Hall–Kier alpha value is -1.00. The molecule has 0 unspecified atom stereocenters. The number of sulfone groups is 1. The Kier molecular flexibility index (Phi) is 6.15. The quantitative estimate of drug-likeness (QED) is 0.646. The van der Waals surface area contributed by atoms with Crippen LogP contribution in [-0.4, -0.2) is 67.3 Å². The van der Waals surface area contributed by atoms with Crippen molar-refractivity contribution in [2.24, 2.45) is 0 Å². The van der Waals surface area contributed by atoms with Gasteiger partial charge in [-0.1, -0.05) is 0 Å². The van der Waals surface area contributed by atoms with Gasteiger partial charge in [-0.3, -0.25) is 0 Å². The van der Waals surface area contributed by atoms with Gasteiger partial charge in [0, 0.05) is 39.0 Å². The van der Waals surface area contributed by atoms with Crippen LogP contribution in [0.2, 0.25) is 0 Å². The second-order valence-corrected chi connectivity index (χ2v) is 9.37. The van der Waals surface area contributed by atoms with Crippen LogP contribution in [0.25, 0.3) is 0 Å². The summed E-state index contributed by atoms with van der Waals surface area (Å²) in [6.45, 7) is 5.13. The van der Waals surface area contributed by atoms with Gasteiger partial charge < -0.3 is 10.2 Å². The van der Waals surface area contributed by atoms with Crippen molar-refractivity contribution in [1.82, 2.24) is 14.9 Å². The highest BCUT2D eigenvalue weighted by Gasteiger charge is 2.15. The zero-order valence-corrected chi connectivity index (χ0v) is 14.8. The van der Waals surface area contributed by atoms with Gasteiger partial charge >= 0.3 is 0 Å². The Bertz CT molecular complexity index is 709. The predicted octanol–water partition coefficient (Wildman–Crippen LogP) is -0.336. The molecule has 2 rings (SSSR count). The van der Waals surface area contributed by atoms with Gasteiger partial charge in [-0.05, 0) is 37.2 Å². The number of nitrogens with zero attached hydrogens (tertiary/aromatic N) is 1. The summed E-state index contributed by atoms with van der Waals surface area (Å²) in [5.41, 5.74) is 0. The first-order valence-electron chi connectivity index (χ1n) is 7.52. The Morgan fingerprint density at radius 2 is 1.61 bits per heavy atom. The average molecular weight is 361 g/mol. The molecule has 0 aliphatic carbocycles. The molecule has 0 bridgehead atoms. The van der Waals surface area contributed by atoms with E-state index in [1.54, 1.807) is 0 Å². The SMILES string of the molecule is CS(=O)(=O)c1ccc(S(=O)(=O)NCCCN2CCNCC2)cc1. The van der Waals surface area contributed by atoms with Gasteiger partial charge in [-0.15, -0.1) is 0 Å². The van der Waals surface area contributed by atoms with Gasteiger partial charge in [-0.25, -0.2) is 21.6 Å². The molecular formula is C14H23N3O4S2. The monoisotopic (exact) mass is 361 g/mol. The van der Waals surface area contributed by atoms with Gasteiger partial charge in [0.1, 0.15) is 0 Å². The van der Waals surface area contributed by atoms with Crippen molar-refractivity contribution in [3.8, 4) is 0 Å². The number of rotatable bonds is 7. The molecule has 2 N–H and O–H groups in total. The molecule has 1 aromatic rings. The maximum atomic E-state index is 12.2. The number of sulfonamides is 1. The summed E-state index contributed by atoms with van der Waals surface area (Å²) in [5.74, 6) is 0. The summed E-state index contributed by atoms with van der Waals surface area (Å²) in [7, 11) is -6.93. The van der Waals surface area contributed by atoms with Crippen LogP contribution in [0.15, 0.2) is 34.1 Å². The van der Waals surface area contributed by atoms with Crippen LogP contribution in [0, 0.1) is 0 Å². The van der Waals surface area contributed by atoms with Crippen LogP contribution >= 0.6 is 0 Å². The van der Waals surface area contributed by atoms with E-state index in [0.29, 0.717) is 6.54 Å². The van der Waals surface area contributed by atoms with Crippen molar-refractivity contribution in [3.05, 3.63) is 24.3 Å². The van der Waals surface area contributed by atoms with Crippen LogP contribution in [0.5, 0.6) is 0 Å². The van der Waals surface area contributed by atoms with Crippen LogP contribution in [0.4, 0.5) is 0 Å². The second-order valence-electron chi connectivity index (χ2n) is 5.59. The Labute approximate surface area is 138 Å². The minimum atomic E-state index is -3.60. The van der Waals surface area contributed by atoms with Crippen LogP contribution in [-0.2, 0) is 19.9 Å². The largest absolute Gasteiger partial charge is 0.314 e. The Morgan fingerprint density at radius 1 is 1.04 bits per heavy atom. The smallest absolute Gasteiger partial charge is 0.240 e. The molecule has 0 spiro atoms. The van der Waals surface area contributed by atoms with E-state index in [0.717, 1.165) is 45.4 Å². The summed E-state index contributed by atoms with van der Waals surface area (Å²) in [6.07, 6.45) is 1.82. The molecule has 0 atom stereocenters. The number of piperazine rings is 1. The Morgan fingerprint density at radius 3 is 2.17 bits per heavy atom. The molecule has 1 aromatic carbocycles. The summed E-state index contributed by atoms with van der Waals surface area (Å²) in [4.78, 5) is 2.48. The molecule has 0 amide bonds. The molecule has 130 valence electrons. The van der Waals surface area contributed by atoms with Crippen molar-refractivity contribution in [2.45, 2.75) is 16.2 Å². The zero-order chi connectivity index (χ0) is 16.9. The van der Waals surface area contributed by atoms with E-state index in [2.05, 4.69) is 14.9 Å². The fraction of sp³-hybridized carbons (Fsp3) is 0.571. The van der Waals surface area contributed by atoms with Crippen LogP contribution in [0.3, 0.4) is 0 Å². The second kappa shape index (κ2) is 7.71. The van der Waals surface area contributed by atoms with Crippen molar-refractivity contribution in [3.63, 3.8) is 0 Å². The van der Waals surface area contributed by atoms with Crippen LogP contribution < -0.4 is 10.0 Å². The van der Waals surface area contributed by atoms with Crippen molar-refractivity contribution >= 4 is 19.9 Å². The molecule has 9 heteroatoms. The fourth-order valence-corrected chi connectivity index (χ4v) is 4.10. The third-order valence-electron chi connectivity index (χ3n) is 3.72. The van der Waals surface area contributed by atoms with E-state index < -0.39 is 19.9 Å². The fourth-order valence-electron chi connectivity index (χ4n) is 2.39.